The minimum absolute atomic E-state index is 0.0334. The largest absolute Gasteiger partial charge is 0.542 e. The molecule has 0 heterocycles. The molecule has 3 rings (SSSR count). The Hall–Kier alpha value is -4.52. The molecule has 234 valence electrons. The van der Waals surface area contributed by atoms with E-state index in [0.29, 0.717) is 60.0 Å². The highest BCUT2D eigenvalue weighted by atomic mass is 19.4. The van der Waals surface area contributed by atoms with Gasteiger partial charge in [0.05, 0.1) is 35.0 Å². The SMILES string of the molecule is COc1ccc(/C=C2\CC(NC(=O)CCC[NH3+])C/C(=C\c3ccc(OC)c(OC)c3)C2=O)cc1OC.O=C([O-])C(F)(F)F. The van der Waals surface area contributed by atoms with Crippen LogP contribution in [-0.4, -0.2) is 64.9 Å². The van der Waals surface area contributed by atoms with E-state index >= 15 is 0 Å². The molecule has 4 N–H and O–H groups in total. The second-order valence-electron chi connectivity index (χ2n) is 9.31. The van der Waals surface area contributed by atoms with Gasteiger partial charge in [0.25, 0.3) is 0 Å². The van der Waals surface area contributed by atoms with Crippen molar-refractivity contribution < 1.29 is 57.3 Å². The molecule has 2 aromatic rings. The maximum Gasteiger partial charge on any atom is 0.430 e. The minimum Gasteiger partial charge on any atom is -0.542 e. The van der Waals surface area contributed by atoms with E-state index in [1.165, 1.54) is 0 Å². The molecule has 1 saturated carbocycles. The fourth-order valence-electron chi connectivity index (χ4n) is 4.22. The van der Waals surface area contributed by atoms with Gasteiger partial charge in [0.1, 0.15) is 5.97 Å². The molecule has 0 radical (unpaired) electrons. The summed E-state index contributed by atoms with van der Waals surface area (Å²) in [6, 6.07) is 10.8. The molecule has 0 aromatic heterocycles. The lowest BCUT2D eigenvalue weighted by Crippen LogP contribution is -2.50. The fraction of sp³-hybridized carbons (Fsp3) is 0.367. The predicted octanol–water partition coefficient (Wildman–Crippen LogP) is 2.36. The number of Topliss-reactive ketones (excluding diaryl/α,β-unsaturated/α-hetero) is 1. The second kappa shape index (κ2) is 16.2. The third-order valence-electron chi connectivity index (χ3n) is 6.26. The number of aliphatic carboxylic acids is 1. The molecule has 1 fully saturated rings. The zero-order valence-electron chi connectivity index (χ0n) is 24.3. The molecule has 2 aromatic carbocycles. The highest BCUT2D eigenvalue weighted by molar-refractivity contribution is 6.14. The van der Waals surface area contributed by atoms with Crippen LogP contribution >= 0.6 is 0 Å². The van der Waals surface area contributed by atoms with Gasteiger partial charge in [-0.2, -0.15) is 13.2 Å². The number of halogens is 3. The van der Waals surface area contributed by atoms with E-state index in [-0.39, 0.29) is 17.7 Å². The van der Waals surface area contributed by atoms with Crippen molar-refractivity contribution in [2.45, 2.75) is 37.9 Å². The van der Waals surface area contributed by atoms with Crippen LogP contribution in [0.1, 0.15) is 36.8 Å². The molecule has 1 aliphatic carbocycles. The smallest absolute Gasteiger partial charge is 0.430 e. The summed E-state index contributed by atoms with van der Waals surface area (Å²) < 4.78 is 53.0. The maximum atomic E-state index is 13.5. The Morgan fingerprint density at radius 1 is 0.884 bits per heavy atom. The van der Waals surface area contributed by atoms with Crippen LogP contribution < -0.4 is 35.1 Å². The third-order valence-corrected chi connectivity index (χ3v) is 6.26. The number of nitrogens with one attached hydrogen (secondary N) is 1. The summed E-state index contributed by atoms with van der Waals surface area (Å²) in [5, 5.41) is 11.9. The first-order valence-electron chi connectivity index (χ1n) is 13.1. The van der Waals surface area contributed by atoms with Crippen molar-refractivity contribution >= 4 is 29.8 Å². The third kappa shape index (κ3) is 10.4. The maximum absolute atomic E-state index is 13.5. The van der Waals surface area contributed by atoms with Gasteiger partial charge in [0, 0.05) is 30.0 Å². The van der Waals surface area contributed by atoms with Gasteiger partial charge < -0.3 is 39.9 Å². The van der Waals surface area contributed by atoms with E-state index in [4.69, 9.17) is 28.8 Å². The van der Waals surface area contributed by atoms with Crippen molar-refractivity contribution in [1.82, 2.24) is 5.32 Å². The average Bonchev–Trinajstić information content (AvgIpc) is 2.97. The summed E-state index contributed by atoms with van der Waals surface area (Å²) >= 11 is 0. The van der Waals surface area contributed by atoms with E-state index in [1.807, 2.05) is 36.4 Å². The Balaban J connectivity index is 0.000000821. The normalized spacial score (nSPS) is 16.7. The standard InChI is InChI=1S/C28H34N2O6.C2HF3O2/c1-33-23-9-7-18(14-25(23)35-3)12-20-16-22(30-27(31)6-5-11-29)17-21(28(20)32)13-19-8-10-24(34-2)26(15-19)36-4;3-2(4,5)1(6)7/h7-10,12-15,22H,5-6,11,16-17,29H2,1-4H3,(H,30,31);(H,6,7)/b20-12+,21-13+;. The summed E-state index contributed by atoms with van der Waals surface area (Å²) in [6.45, 7) is 0.700. The molecule has 1 aliphatic rings. The lowest BCUT2D eigenvalue weighted by atomic mass is 9.83. The highest BCUT2D eigenvalue weighted by Crippen LogP contribution is 2.33. The number of carboxylic acid groups (broad SMARTS) is 1. The molecule has 1 amide bonds. The molecule has 0 atom stereocenters. The lowest BCUT2D eigenvalue weighted by molar-refractivity contribution is -0.368. The summed E-state index contributed by atoms with van der Waals surface area (Å²) in [6.07, 6.45) is 0.513. The van der Waals surface area contributed by atoms with Crippen molar-refractivity contribution in [1.29, 1.82) is 0 Å². The van der Waals surface area contributed by atoms with Crippen LogP contribution in [0.15, 0.2) is 47.5 Å². The number of hydrogen-bond acceptors (Lipinski definition) is 8. The van der Waals surface area contributed by atoms with Crippen LogP contribution in [0, 0.1) is 0 Å². The van der Waals surface area contributed by atoms with Gasteiger partial charge in [-0.15, -0.1) is 0 Å². The highest BCUT2D eigenvalue weighted by Gasteiger charge is 2.29. The topological polar surface area (TPSA) is 151 Å². The average molecular weight is 609 g/mol. The van der Waals surface area contributed by atoms with Crippen LogP contribution in [0.5, 0.6) is 23.0 Å². The molecule has 10 nitrogen and oxygen atoms in total. The van der Waals surface area contributed by atoms with Gasteiger partial charge in [-0.05, 0) is 60.4 Å². The van der Waals surface area contributed by atoms with E-state index < -0.39 is 12.1 Å². The quantitative estimate of drug-likeness (QED) is 0.390. The number of ether oxygens (including phenoxy) is 4. The van der Waals surface area contributed by atoms with Crippen LogP contribution in [0.25, 0.3) is 12.2 Å². The molecule has 0 bridgehead atoms. The van der Waals surface area contributed by atoms with Gasteiger partial charge in [-0.3, -0.25) is 9.59 Å². The first kappa shape index (κ1) is 34.7. The fourth-order valence-corrected chi connectivity index (χ4v) is 4.22. The van der Waals surface area contributed by atoms with Crippen LogP contribution in [-0.2, 0) is 14.4 Å². The number of carbonyl (C=O) groups excluding carboxylic acids is 3. The van der Waals surface area contributed by atoms with E-state index in [2.05, 4.69) is 11.1 Å². The minimum atomic E-state index is -5.19. The Morgan fingerprint density at radius 2 is 1.30 bits per heavy atom. The zero-order valence-corrected chi connectivity index (χ0v) is 24.3. The number of carbonyl (C=O) groups is 3. The van der Waals surface area contributed by atoms with Crippen LogP contribution in [0.3, 0.4) is 0 Å². The van der Waals surface area contributed by atoms with Gasteiger partial charge in [0.15, 0.2) is 28.8 Å². The van der Waals surface area contributed by atoms with Crippen LogP contribution in [0.2, 0.25) is 0 Å². The summed E-state index contributed by atoms with van der Waals surface area (Å²) in [4.78, 5) is 34.8. The summed E-state index contributed by atoms with van der Waals surface area (Å²) in [5.74, 6) is -0.717. The number of alkyl halides is 3. The molecule has 0 saturated heterocycles. The Morgan fingerprint density at radius 3 is 1.65 bits per heavy atom. The Labute approximate surface area is 247 Å². The molecule has 0 aliphatic heterocycles. The van der Waals surface area contributed by atoms with Crippen LogP contribution in [0.4, 0.5) is 13.2 Å². The predicted molar refractivity (Wildman–Crippen MR) is 149 cm³/mol. The van der Waals surface area contributed by atoms with Crippen molar-refractivity contribution in [2.24, 2.45) is 0 Å². The zero-order chi connectivity index (χ0) is 32.2. The van der Waals surface area contributed by atoms with Crippen molar-refractivity contribution in [3.05, 3.63) is 58.7 Å². The number of rotatable bonds is 10. The van der Waals surface area contributed by atoms with E-state index in [1.54, 1.807) is 40.6 Å². The van der Waals surface area contributed by atoms with Gasteiger partial charge >= 0.3 is 6.18 Å². The summed E-state index contributed by atoms with van der Waals surface area (Å²) in [7, 11) is 6.30. The number of ketones is 1. The molecular formula is C30H35F3N2O8. The number of methoxy groups -OCH3 is 4. The number of amides is 1. The van der Waals surface area contributed by atoms with Gasteiger partial charge in [0.2, 0.25) is 5.91 Å². The number of benzene rings is 2. The molecule has 13 heteroatoms. The lowest BCUT2D eigenvalue weighted by Gasteiger charge is -2.27. The Kier molecular flexibility index (Phi) is 13.1. The van der Waals surface area contributed by atoms with Crippen molar-refractivity contribution in [2.75, 3.05) is 35.0 Å². The van der Waals surface area contributed by atoms with Gasteiger partial charge in [-0.25, -0.2) is 0 Å². The number of hydrogen-bond donors (Lipinski definition) is 2. The number of carboxylic acids is 1. The van der Waals surface area contributed by atoms with Crippen molar-refractivity contribution in [3.8, 4) is 23.0 Å². The van der Waals surface area contributed by atoms with Crippen molar-refractivity contribution in [3.63, 3.8) is 0 Å². The molecule has 0 unspecified atom stereocenters. The Bertz CT molecular complexity index is 1280. The number of quaternary nitrogens is 1. The first-order chi connectivity index (χ1) is 20.4. The monoisotopic (exact) mass is 608 g/mol. The second-order valence-corrected chi connectivity index (χ2v) is 9.31. The van der Waals surface area contributed by atoms with E-state index in [0.717, 1.165) is 17.5 Å². The summed E-state index contributed by atoms with van der Waals surface area (Å²) in [5.41, 5.74) is 6.65. The van der Waals surface area contributed by atoms with Gasteiger partial charge in [-0.1, -0.05) is 12.1 Å². The molecule has 43 heavy (non-hydrogen) atoms. The molecular weight excluding hydrogens is 573 g/mol. The molecule has 0 spiro atoms. The van der Waals surface area contributed by atoms with E-state index in [9.17, 15) is 22.8 Å². The first-order valence-corrected chi connectivity index (χ1v) is 13.1.